The molecule has 1 atom stereocenters. The summed E-state index contributed by atoms with van der Waals surface area (Å²) in [4.78, 5) is 5.13. The number of methoxy groups -OCH3 is 1. The fraction of sp³-hybridized carbons (Fsp3) is 1.00. The molecule has 0 saturated carbocycles. The highest BCUT2D eigenvalue weighted by molar-refractivity contribution is 4.73. The number of hydrogen-bond donors (Lipinski definition) is 0. The average molecular weight is 242 g/mol. The fourth-order valence-corrected chi connectivity index (χ4v) is 2.78. The molecule has 0 radical (unpaired) electrons. The van der Waals surface area contributed by atoms with Crippen LogP contribution in [0.15, 0.2) is 0 Å². The van der Waals surface area contributed by atoms with E-state index in [0.717, 1.165) is 12.5 Å². The summed E-state index contributed by atoms with van der Waals surface area (Å²) in [6.07, 6.45) is 4.00. The van der Waals surface area contributed by atoms with Crippen molar-refractivity contribution in [2.24, 2.45) is 5.92 Å². The third-order valence-corrected chi connectivity index (χ3v) is 3.85. The second-order valence-corrected chi connectivity index (χ2v) is 5.14. The van der Waals surface area contributed by atoms with Gasteiger partial charge in [-0.2, -0.15) is 0 Å². The first-order valence-electron chi connectivity index (χ1n) is 7.23. The second-order valence-electron chi connectivity index (χ2n) is 5.14. The van der Waals surface area contributed by atoms with E-state index in [1.54, 1.807) is 0 Å². The topological polar surface area (TPSA) is 15.7 Å². The molecule has 0 amide bonds. The van der Waals surface area contributed by atoms with Gasteiger partial charge >= 0.3 is 0 Å². The minimum absolute atomic E-state index is 0.766. The summed E-state index contributed by atoms with van der Waals surface area (Å²) >= 11 is 0. The van der Waals surface area contributed by atoms with Gasteiger partial charge in [0, 0.05) is 13.7 Å². The van der Waals surface area contributed by atoms with Gasteiger partial charge in [0.2, 0.25) is 0 Å². The molecule has 1 unspecified atom stereocenters. The molecule has 3 heteroatoms. The first kappa shape index (κ1) is 14.9. The molecule has 0 aromatic carbocycles. The molecule has 1 aliphatic rings. The number of rotatable bonds is 8. The van der Waals surface area contributed by atoms with Gasteiger partial charge in [0.1, 0.15) is 0 Å². The summed E-state index contributed by atoms with van der Waals surface area (Å²) in [5, 5.41) is 0. The van der Waals surface area contributed by atoms with E-state index < -0.39 is 0 Å². The monoisotopic (exact) mass is 242 g/mol. The van der Waals surface area contributed by atoms with Gasteiger partial charge in [-0.15, -0.1) is 0 Å². The smallest absolute Gasteiger partial charge is 0.0502 e. The Balaban J connectivity index is 2.13. The molecular weight excluding hydrogens is 212 g/mol. The third-order valence-electron chi connectivity index (χ3n) is 3.85. The van der Waals surface area contributed by atoms with Gasteiger partial charge in [0.15, 0.2) is 0 Å². The Hall–Kier alpha value is -0.120. The number of piperidine rings is 1. The van der Waals surface area contributed by atoms with Crippen LogP contribution in [-0.2, 0) is 4.74 Å². The molecule has 0 aromatic rings. The largest absolute Gasteiger partial charge is 0.384 e. The summed E-state index contributed by atoms with van der Waals surface area (Å²) in [5.74, 6) is 0.766. The molecule has 1 rings (SSSR count). The highest BCUT2D eigenvalue weighted by atomic mass is 16.5. The van der Waals surface area contributed by atoms with Crippen LogP contribution >= 0.6 is 0 Å². The molecule has 17 heavy (non-hydrogen) atoms. The van der Waals surface area contributed by atoms with Crippen LogP contribution in [0.25, 0.3) is 0 Å². The third kappa shape index (κ3) is 5.84. The molecule has 0 N–H and O–H groups in total. The van der Waals surface area contributed by atoms with Gasteiger partial charge in [-0.05, 0) is 57.9 Å². The van der Waals surface area contributed by atoms with Crippen molar-refractivity contribution in [1.29, 1.82) is 0 Å². The molecule has 0 aliphatic carbocycles. The predicted octanol–water partition coefficient (Wildman–Crippen LogP) is 2.08. The highest BCUT2D eigenvalue weighted by Crippen LogP contribution is 2.16. The maximum atomic E-state index is 5.27. The molecule has 1 heterocycles. The number of nitrogens with zero attached hydrogens (tertiary/aromatic N) is 2. The molecule has 0 spiro atoms. The van der Waals surface area contributed by atoms with Crippen LogP contribution in [0.3, 0.4) is 0 Å². The van der Waals surface area contributed by atoms with Crippen LogP contribution in [0.4, 0.5) is 0 Å². The van der Waals surface area contributed by atoms with Gasteiger partial charge in [0.05, 0.1) is 6.61 Å². The minimum atomic E-state index is 0.766. The number of ether oxygens (including phenoxy) is 1. The van der Waals surface area contributed by atoms with Crippen molar-refractivity contribution < 1.29 is 4.74 Å². The first-order chi connectivity index (χ1) is 8.30. The van der Waals surface area contributed by atoms with E-state index in [1.807, 2.05) is 7.11 Å². The second kappa shape index (κ2) is 8.90. The maximum absolute atomic E-state index is 5.27. The summed E-state index contributed by atoms with van der Waals surface area (Å²) in [6.45, 7) is 12.8. The number of hydrogen-bond acceptors (Lipinski definition) is 3. The van der Waals surface area contributed by atoms with Crippen molar-refractivity contribution in [3.05, 3.63) is 0 Å². The van der Waals surface area contributed by atoms with Gasteiger partial charge in [-0.25, -0.2) is 0 Å². The number of likely N-dealkylation sites (tertiary alicyclic amines) is 1. The van der Waals surface area contributed by atoms with Crippen LogP contribution in [0, 0.1) is 5.92 Å². The first-order valence-corrected chi connectivity index (χ1v) is 7.23. The van der Waals surface area contributed by atoms with Crippen LogP contribution in [-0.4, -0.2) is 62.8 Å². The van der Waals surface area contributed by atoms with Crippen molar-refractivity contribution >= 4 is 0 Å². The zero-order valence-electron chi connectivity index (χ0n) is 12.0. The van der Waals surface area contributed by atoms with E-state index in [2.05, 4.69) is 23.6 Å². The van der Waals surface area contributed by atoms with Crippen LogP contribution in [0.1, 0.15) is 33.1 Å². The van der Waals surface area contributed by atoms with Crippen molar-refractivity contribution in [3.8, 4) is 0 Å². The zero-order chi connectivity index (χ0) is 12.5. The Morgan fingerprint density at radius 1 is 1.29 bits per heavy atom. The lowest BCUT2D eigenvalue weighted by atomic mass is 9.99. The van der Waals surface area contributed by atoms with Crippen molar-refractivity contribution in [3.63, 3.8) is 0 Å². The zero-order valence-corrected chi connectivity index (χ0v) is 12.0. The Kier molecular flexibility index (Phi) is 7.82. The highest BCUT2D eigenvalue weighted by Gasteiger charge is 2.19. The van der Waals surface area contributed by atoms with Crippen molar-refractivity contribution in [1.82, 2.24) is 9.80 Å². The van der Waals surface area contributed by atoms with E-state index >= 15 is 0 Å². The average Bonchev–Trinajstić information content (AvgIpc) is 2.36. The maximum Gasteiger partial charge on any atom is 0.0502 e. The van der Waals surface area contributed by atoms with Crippen LogP contribution in [0.5, 0.6) is 0 Å². The lowest BCUT2D eigenvalue weighted by Crippen LogP contribution is -2.38. The van der Waals surface area contributed by atoms with Crippen molar-refractivity contribution in [2.75, 3.05) is 53.0 Å². The molecule has 102 valence electrons. The lowest BCUT2D eigenvalue weighted by molar-refractivity contribution is 0.0884. The Bertz CT molecular complexity index is 181. The standard InChI is InChI=1S/C14H30N2O/c1-4-15(5-2)10-7-11-16-9-6-8-14(12-16)13-17-3/h14H,4-13H2,1-3H3. The van der Waals surface area contributed by atoms with Crippen LogP contribution < -0.4 is 0 Å². The SMILES string of the molecule is CCN(CC)CCCN1CCCC(COC)C1. The van der Waals surface area contributed by atoms with E-state index in [1.165, 1.54) is 58.5 Å². The van der Waals surface area contributed by atoms with E-state index in [-0.39, 0.29) is 0 Å². The summed E-state index contributed by atoms with van der Waals surface area (Å²) in [6, 6.07) is 0. The molecule has 0 aromatic heterocycles. The quantitative estimate of drug-likeness (QED) is 0.648. The van der Waals surface area contributed by atoms with E-state index in [0.29, 0.717) is 0 Å². The van der Waals surface area contributed by atoms with Crippen LogP contribution in [0.2, 0.25) is 0 Å². The molecule has 0 bridgehead atoms. The van der Waals surface area contributed by atoms with E-state index in [9.17, 15) is 0 Å². The minimum Gasteiger partial charge on any atom is -0.384 e. The van der Waals surface area contributed by atoms with E-state index in [4.69, 9.17) is 4.74 Å². The Labute approximate surface area is 107 Å². The van der Waals surface area contributed by atoms with Gasteiger partial charge in [-0.3, -0.25) is 0 Å². The Morgan fingerprint density at radius 3 is 2.71 bits per heavy atom. The molecule has 1 saturated heterocycles. The fourth-order valence-electron chi connectivity index (χ4n) is 2.78. The lowest BCUT2D eigenvalue weighted by Gasteiger charge is -2.32. The molecule has 3 nitrogen and oxygen atoms in total. The molecular formula is C14H30N2O. The van der Waals surface area contributed by atoms with Crippen molar-refractivity contribution in [2.45, 2.75) is 33.1 Å². The summed E-state index contributed by atoms with van der Waals surface area (Å²) < 4.78 is 5.27. The predicted molar refractivity (Wildman–Crippen MR) is 73.4 cm³/mol. The Morgan fingerprint density at radius 2 is 2.06 bits per heavy atom. The van der Waals surface area contributed by atoms with Gasteiger partial charge < -0.3 is 14.5 Å². The summed E-state index contributed by atoms with van der Waals surface area (Å²) in [7, 11) is 1.82. The molecule has 1 fully saturated rings. The molecule has 1 aliphatic heterocycles. The van der Waals surface area contributed by atoms with Gasteiger partial charge in [0.25, 0.3) is 0 Å². The van der Waals surface area contributed by atoms with Gasteiger partial charge in [-0.1, -0.05) is 13.8 Å². The summed E-state index contributed by atoms with van der Waals surface area (Å²) in [5.41, 5.74) is 0. The normalized spacial score (nSPS) is 22.2.